The Morgan fingerprint density at radius 3 is 1.68 bits per heavy atom. The Morgan fingerprint density at radius 2 is 1.27 bits per heavy atom. The van der Waals surface area contributed by atoms with Gasteiger partial charge in [-0.2, -0.15) is 10.2 Å². The van der Waals surface area contributed by atoms with Crippen LogP contribution < -0.4 is 21.9 Å². The number of methoxy groups -OCH3 is 1. The number of carboxylic acid groups (broad SMARTS) is 1. The number of aromatic nitrogens is 2. The van der Waals surface area contributed by atoms with Gasteiger partial charge in [0.25, 0.3) is 11.8 Å². The van der Waals surface area contributed by atoms with E-state index in [0.717, 1.165) is 70.0 Å². The Morgan fingerprint density at radius 1 is 0.821 bits per heavy atom. The maximum atomic E-state index is 12.5. The van der Waals surface area contributed by atoms with Gasteiger partial charge >= 0.3 is 11.9 Å². The van der Waals surface area contributed by atoms with Gasteiger partial charge in [0.05, 0.1) is 29.7 Å². The number of nitrogens with one attached hydrogen (secondary N) is 5. The fourth-order valence-electron chi connectivity index (χ4n) is 7.21. The van der Waals surface area contributed by atoms with Crippen LogP contribution in [0.25, 0.3) is 34.0 Å². The van der Waals surface area contributed by atoms with Crippen LogP contribution in [-0.4, -0.2) is 75.4 Å². The molecule has 2 aromatic heterocycles. The fourth-order valence-corrected chi connectivity index (χ4v) is 7.21. The number of esters is 1. The van der Waals surface area contributed by atoms with Crippen LogP contribution in [0.4, 0.5) is 0 Å². The molecule has 0 bridgehead atoms. The summed E-state index contributed by atoms with van der Waals surface area (Å²) in [5.41, 5.74) is 18.1. The number of carbonyl (C=O) groups is 5. The van der Waals surface area contributed by atoms with Crippen LogP contribution >= 0.6 is 0 Å². The second kappa shape index (κ2) is 14.7. The van der Waals surface area contributed by atoms with Crippen molar-refractivity contribution in [2.45, 2.75) is 71.4 Å². The zero-order chi connectivity index (χ0) is 39.9. The van der Waals surface area contributed by atoms with E-state index in [1.54, 1.807) is 12.2 Å². The summed E-state index contributed by atoms with van der Waals surface area (Å²) in [6, 6.07) is 13.5. The molecule has 15 heteroatoms. The number of hydrogen-bond acceptors (Lipinski definition) is 9. The first-order valence-electron chi connectivity index (χ1n) is 18.4. The molecule has 2 fully saturated rings. The van der Waals surface area contributed by atoms with E-state index in [2.05, 4.69) is 50.2 Å². The topological polar surface area (TPSA) is 233 Å². The van der Waals surface area contributed by atoms with Crippen molar-refractivity contribution >= 4 is 75.0 Å². The van der Waals surface area contributed by atoms with Gasteiger partial charge in [-0.1, -0.05) is 50.2 Å². The Hall–Kier alpha value is -6.35. The number of amides is 3. The highest BCUT2D eigenvalue weighted by Crippen LogP contribution is 2.50. The van der Waals surface area contributed by atoms with Gasteiger partial charge in [0.2, 0.25) is 5.91 Å². The number of aliphatic carboxylic acids is 1. The number of hydrazone groups is 2. The number of H-pyrrole nitrogens is 2. The highest BCUT2D eigenvalue weighted by Gasteiger charge is 2.48. The van der Waals surface area contributed by atoms with Crippen LogP contribution in [0.15, 0.2) is 69.9 Å². The molecule has 2 aliphatic carbocycles. The minimum absolute atomic E-state index is 0.0609. The lowest BCUT2D eigenvalue weighted by molar-refractivity contribution is -0.144. The third-order valence-corrected chi connectivity index (χ3v) is 11.0. The fraction of sp³-hybridized carbons (Fsp3) is 0.341. The molecule has 8 N–H and O–H groups in total. The van der Waals surface area contributed by atoms with Gasteiger partial charge in [-0.15, -0.1) is 0 Å². The number of hydrogen-bond donors (Lipinski definition) is 7. The van der Waals surface area contributed by atoms with E-state index in [0.29, 0.717) is 22.5 Å². The molecule has 2 aliphatic heterocycles. The molecule has 2 atom stereocenters. The summed E-state index contributed by atoms with van der Waals surface area (Å²) in [6.07, 6.45) is 7.94. The van der Waals surface area contributed by atoms with Crippen LogP contribution in [0, 0.1) is 10.8 Å². The zero-order valence-corrected chi connectivity index (χ0v) is 31.5. The van der Waals surface area contributed by atoms with Crippen LogP contribution in [0.5, 0.6) is 0 Å². The number of para-hydroxylation sites is 2. The lowest BCUT2D eigenvalue weighted by atomic mass is 9.94. The van der Waals surface area contributed by atoms with E-state index in [1.807, 2.05) is 48.5 Å². The number of rotatable bonds is 11. The van der Waals surface area contributed by atoms with E-state index in [4.69, 9.17) is 10.5 Å². The predicted octanol–water partition coefficient (Wildman–Crippen LogP) is 3.85. The van der Waals surface area contributed by atoms with Crippen LogP contribution in [0.3, 0.4) is 0 Å². The third kappa shape index (κ3) is 7.49. The van der Waals surface area contributed by atoms with Gasteiger partial charge < -0.3 is 30.9 Å². The number of benzene rings is 2. The number of nitrogens with zero attached hydrogens (tertiary/aromatic N) is 2. The molecule has 2 unspecified atom stereocenters. The average molecular weight is 761 g/mol. The molecule has 290 valence electrons. The van der Waals surface area contributed by atoms with Gasteiger partial charge in [0.1, 0.15) is 12.1 Å². The molecule has 0 saturated heterocycles. The lowest BCUT2D eigenvalue weighted by Crippen LogP contribution is -2.42. The Balaban J connectivity index is 0.000000173. The summed E-state index contributed by atoms with van der Waals surface area (Å²) in [6.45, 7) is 5.54. The first-order chi connectivity index (χ1) is 26.7. The number of ether oxygens (including phenoxy) is 1. The van der Waals surface area contributed by atoms with E-state index >= 15 is 0 Å². The van der Waals surface area contributed by atoms with E-state index in [-0.39, 0.29) is 41.4 Å². The smallest absolute Gasteiger partial charge is 0.328 e. The first-order valence-corrected chi connectivity index (χ1v) is 18.4. The molecular formula is C41H44N8O7. The maximum absolute atomic E-state index is 12.5. The molecular weight excluding hydrogens is 716 g/mol. The summed E-state index contributed by atoms with van der Waals surface area (Å²) in [5, 5.41) is 22.1. The van der Waals surface area contributed by atoms with Crippen LogP contribution in [0.2, 0.25) is 0 Å². The molecule has 4 heterocycles. The summed E-state index contributed by atoms with van der Waals surface area (Å²) in [4.78, 5) is 66.5. The van der Waals surface area contributed by atoms with Crippen molar-refractivity contribution < 1.29 is 33.8 Å². The molecule has 0 spiro atoms. The summed E-state index contributed by atoms with van der Waals surface area (Å²) in [7, 11) is 1.29. The number of aromatic amines is 2. The highest BCUT2D eigenvalue weighted by atomic mass is 16.5. The standard InChI is InChI=1S/C22H24N4O4.C19H20N4O3/c1-12(27)23-18(21(29)30-3)10-14-13-6-4-5-7-16(13)24-17(14)11-15-19(22(2)8-9-22)25-26-20(15)28;1-19(6-7-19)16-12(17(24)23-22-16)9-15-11(8-13(20)18(25)26)10-4-2-3-5-14(10)21-15/h4-7,11,18,24H,8-10H2,1-3H3,(H,23,27)(H,26,28);2-5,9,13,21H,6-8,20H2,1H3,(H,23,24)(H,25,26). The molecule has 2 saturated carbocycles. The van der Waals surface area contributed by atoms with Crippen molar-refractivity contribution in [3.63, 3.8) is 0 Å². The van der Waals surface area contributed by atoms with Crippen LogP contribution in [-0.2, 0) is 41.6 Å². The Bertz CT molecular complexity index is 2420. The monoisotopic (exact) mass is 760 g/mol. The van der Waals surface area contributed by atoms with Crippen molar-refractivity contribution in [1.82, 2.24) is 26.1 Å². The number of nitrogens with two attached hydrogens (primary N) is 1. The Labute approximate surface area is 321 Å². The molecule has 0 radical (unpaired) electrons. The normalized spacial score (nSPS) is 20.1. The maximum Gasteiger partial charge on any atom is 0.328 e. The van der Waals surface area contributed by atoms with Crippen molar-refractivity contribution in [2.75, 3.05) is 7.11 Å². The van der Waals surface area contributed by atoms with E-state index < -0.39 is 24.0 Å². The zero-order valence-electron chi connectivity index (χ0n) is 31.5. The molecule has 15 nitrogen and oxygen atoms in total. The van der Waals surface area contributed by atoms with E-state index in [9.17, 15) is 29.1 Å². The van der Waals surface area contributed by atoms with Crippen molar-refractivity contribution in [1.29, 1.82) is 0 Å². The minimum atomic E-state index is -1.06. The molecule has 4 aliphatic rings. The minimum Gasteiger partial charge on any atom is -0.480 e. The second-order valence-electron chi connectivity index (χ2n) is 15.3. The number of fused-ring (bicyclic) bond motifs is 2. The predicted molar refractivity (Wildman–Crippen MR) is 211 cm³/mol. The lowest BCUT2D eigenvalue weighted by Gasteiger charge is -2.16. The molecule has 8 rings (SSSR count). The van der Waals surface area contributed by atoms with Crippen molar-refractivity contribution in [2.24, 2.45) is 26.8 Å². The quantitative estimate of drug-likeness (QED) is 0.0875. The van der Waals surface area contributed by atoms with Gasteiger partial charge in [0.15, 0.2) is 0 Å². The summed E-state index contributed by atoms with van der Waals surface area (Å²) in [5.74, 6) is -2.38. The largest absolute Gasteiger partial charge is 0.480 e. The van der Waals surface area contributed by atoms with Gasteiger partial charge in [-0.3, -0.25) is 19.2 Å². The molecule has 3 amide bonds. The first kappa shape index (κ1) is 37.9. The average Bonchev–Trinajstić information content (AvgIpc) is 3.89. The molecule has 2 aromatic carbocycles. The number of carbonyl (C=O) groups excluding carboxylic acids is 4. The third-order valence-electron chi connectivity index (χ3n) is 11.0. The molecule has 4 aromatic rings. The van der Waals surface area contributed by atoms with E-state index in [1.165, 1.54) is 14.0 Å². The van der Waals surface area contributed by atoms with Gasteiger partial charge in [-0.25, -0.2) is 15.6 Å². The summed E-state index contributed by atoms with van der Waals surface area (Å²) >= 11 is 0. The SMILES string of the molecule is CC1(C2=NNC(=O)C2=Cc2[nH]c3ccccc3c2CC(N)C(=O)O)CC1.COC(=O)C(Cc1c(C=C2C(=O)NN=C2C2(C)CC2)[nH]c2ccccc12)NC(C)=O. The van der Waals surface area contributed by atoms with Crippen molar-refractivity contribution in [3.8, 4) is 0 Å². The van der Waals surface area contributed by atoms with Crippen molar-refractivity contribution in [3.05, 3.63) is 82.2 Å². The van der Waals surface area contributed by atoms with Gasteiger partial charge in [-0.05, 0) is 61.1 Å². The highest BCUT2D eigenvalue weighted by molar-refractivity contribution is 6.30. The van der Waals surface area contributed by atoms with Gasteiger partial charge in [0, 0.05) is 63.8 Å². The Kier molecular flexibility index (Phi) is 9.97. The summed E-state index contributed by atoms with van der Waals surface area (Å²) < 4.78 is 4.87. The second-order valence-corrected chi connectivity index (χ2v) is 15.3. The number of carboxylic acids is 1. The van der Waals surface area contributed by atoms with Crippen LogP contribution in [0.1, 0.15) is 69.0 Å². The molecule has 56 heavy (non-hydrogen) atoms.